The minimum Gasteiger partial charge on any atom is -0.454 e. The fourth-order valence-electron chi connectivity index (χ4n) is 2.26. The standard InChI is InChI=1S/C15H17N3O/c1-11-5-2-3-7-14(11)19-12-9-17-15(18-10-12)13-6-4-8-16-13/h2-3,5,7,9-10,13,16H,4,6,8H2,1H3. The quantitative estimate of drug-likeness (QED) is 0.915. The van der Waals surface area contributed by atoms with Gasteiger partial charge in [0.15, 0.2) is 5.75 Å². The van der Waals surface area contributed by atoms with Gasteiger partial charge in [-0.3, -0.25) is 0 Å². The van der Waals surface area contributed by atoms with Gasteiger partial charge in [-0.15, -0.1) is 0 Å². The monoisotopic (exact) mass is 255 g/mol. The summed E-state index contributed by atoms with van der Waals surface area (Å²) in [5.41, 5.74) is 1.10. The van der Waals surface area contributed by atoms with Gasteiger partial charge in [0.05, 0.1) is 18.4 Å². The van der Waals surface area contributed by atoms with E-state index in [1.165, 1.54) is 6.42 Å². The van der Waals surface area contributed by atoms with Crippen LogP contribution in [0.15, 0.2) is 36.7 Å². The molecule has 98 valence electrons. The smallest absolute Gasteiger partial charge is 0.164 e. The maximum Gasteiger partial charge on any atom is 0.164 e. The molecule has 1 unspecified atom stereocenters. The van der Waals surface area contributed by atoms with E-state index in [9.17, 15) is 0 Å². The minimum absolute atomic E-state index is 0.299. The van der Waals surface area contributed by atoms with Gasteiger partial charge in [-0.25, -0.2) is 9.97 Å². The Bertz CT molecular complexity index is 548. The van der Waals surface area contributed by atoms with Crippen LogP contribution in [-0.2, 0) is 0 Å². The van der Waals surface area contributed by atoms with E-state index in [2.05, 4.69) is 15.3 Å². The predicted molar refractivity (Wildman–Crippen MR) is 73.3 cm³/mol. The molecule has 1 saturated heterocycles. The zero-order valence-electron chi connectivity index (χ0n) is 11.0. The molecule has 1 aromatic heterocycles. The number of rotatable bonds is 3. The first-order valence-electron chi connectivity index (χ1n) is 6.62. The Morgan fingerprint density at radius 3 is 2.68 bits per heavy atom. The second-order valence-electron chi connectivity index (χ2n) is 4.79. The molecule has 1 fully saturated rings. The maximum absolute atomic E-state index is 5.78. The second-order valence-corrected chi connectivity index (χ2v) is 4.79. The third-order valence-corrected chi connectivity index (χ3v) is 3.34. The van der Waals surface area contributed by atoms with Crippen molar-refractivity contribution in [3.05, 3.63) is 48.0 Å². The summed E-state index contributed by atoms with van der Waals surface area (Å²) in [5.74, 6) is 2.38. The van der Waals surface area contributed by atoms with Crippen molar-refractivity contribution >= 4 is 0 Å². The van der Waals surface area contributed by atoms with E-state index < -0.39 is 0 Å². The van der Waals surface area contributed by atoms with Crippen molar-refractivity contribution in [1.29, 1.82) is 0 Å². The third kappa shape index (κ3) is 2.74. The van der Waals surface area contributed by atoms with Gasteiger partial charge in [-0.05, 0) is 37.9 Å². The summed E-state index contributed by atoms with van der Waals surface area (Å²) in [6, 6.07) is 8.22. The summed E-state index contributed by atoms with van der Waals surface area (Å²) < 4.78 is 5.78. The van der Waals surface area contributed by atoms with Gasteiger partial charge in [0.1, 0.15) is 11.6 Å². The molecule has 0 saturated carbocycles. The van der Waals surface area contributed by atoms with E-state index in [1.54, 1.807) is 12.4 Å². The summed E-state index contributed by atoms with van der Waals surface area (Å²) in [5, 5.41) is 3.39. The minimum atomic E-state index is 0.299. The topological polar surface area (TPSA) is 47.0 Å². The maximum atomic E-state index is 5.78. The second kappa shape index (κ2) is 5.36. The van der Waals surface area contributed by atoms with E-state index in [0.717, 1.165) is 30.1 Å². The van der Waals surface area contributed by atoms with Crippen LogP contribution in [0.2, 0.25) is 0 Å². The molecule has 0 radical (unpaired) electrons. The average Bonchev–Trinajstić information content (AvgIpc) is 2.96. The Balaban J connectivity index is 1.74. The van der Waals surface area contributed by atoms with Crippen molar-refractivity contribution in [2.75, 3.05) is 6.54 Å². The molecule has 1 N–H and O–H groups in total. The number of hydrogen-bond acceptors (Lipinski definition) is 4. The molecular formula is C15H17N3O. The van der Waals surface area contributed by atoms with Crippen LogP contribution < -0.4 is 10.1 Å². The lowest BCUT2D eigenvalue weighted by Gasteiger charge is -2.10. The van der Waals surface area contributed by atoms with Crippen LogP contribution in [0, 0.1) is 6.92 Å². The molecule has 0 bridgehead atoms. The fourth-order valence-corrected chi connectivity index (χ4v) is 2.26. The van der Waals surface area contributed by atoms with Crippen molar-refractivity contribution in [3.63, 3.8) is 0 Å². The fraction of sp³-hybridized carbons (Fsp3) is 0.333. The summed E-state index contributed by atoms with van der Waals surface area (Å²) >= 11 is 0. The summed E-state index contributed by atoms with van der Waals surface area (Å²) in [6.45, 7) is 3.07. The van der Waals surface area contributed by atoms with E-state index in [1.807, 2.05) is 31.2 Å². The molecular weight excluding hydrogens is 238 g/mol. The highest BCUT2D eigenvalue weighted by Crippen LogP contribution is 2.25. The molecule has 2 heterocycles. The van der Waals surface area contributed by atoms with Gasteiger partial charge in [0, 0.05) is 0 Å². The highest BCUT2D eigenvalue weighted by Gasteiger charge is 2.18. The van der Waals surface area contributed by atoms with Crippen molar-refractivity contribution in [1.82, 2.24) is 15.3 Å². The predicted octanol–water partition coefficient (Wildman–Crippen LogP) is 3.00. The number of hydrogen-bond donors (Lipinski definition) is 1. The molecule has 1 aromatic carbocycles. The zero-order chi connectivity index (χ0) is 13.1. The van der Waals surface area contributed by atoms with Gasteiger partial charge in [0.25, 0.3) is 0 Å². The van der Waals surface area contributed by atoms with Crippen molar-refractivity contribution in [3.8, 4) is 11.5 Å². The molecule has 1 aliphatic rings. The van der Waals surface area contributed by atoms with E-state index in [0.29, 0.717) is 11.8 Å². The van der Waals surface area contributed by atoms with Crippen molar-refractivity contribution in [2.24, 2.45) is 0 Å². The first kappa shape index (κ1) is 12.1. The molecule has 2 aromatic rings. The van der Waals surface area contributed by atoms with Gasteiger partial charge >= 0.3 is 0 Å². The number of para-hydroxylation sites is 1. The Labute approximate surface area is 112 Å². The number of nitrogens with one attached hydrogen (secondary N) is 1. The van der Waals surface area contributed by atoms with Gasteiger partial charge in [0.2, 0.25) is 0 Å². The molecule has 19 heavy (non-hydrogen) atoms. The van der Waals surface area contributed by atoms with E-state index >= 15 is 0 Å². The highest BCUT2D eigenvalue weighted by molar-refractivity contribution is 5.35. The molecule has 0 amide bonds. The summed E-state index contributed by atoms with van der Waals surface area (Å²) in [4.78, 5) is 8.78. The van der Waals surface area contributed by atoms with Crippen molar-refractivity contribution < 1.29 is 4.74 Å². The first-order chi connectivity index (χ1) is 9.33. The Morgan fingerprint density at radius 2 is 2.00 bits per heavy atom. The van der Waals surface area contributed by atoms with Crippen molar-refractivity contribution in [2.45, 2.75) is 25.8 Å². The van der Waals surface area contributed by atoms with Crippen LogP contribution in [0.5, 0.6) is 11.5 Å². The number of aromatic nitrogens is 2. The average molecular weight is 255 g/mol. The molecule has 4 heteroatoms. The largest absolute Gasteiger partial charge is 0.454 e. The Hall–Kier alpha value is -1.94. The van der Waals surface area contributed by atoms with Crippen LogP contribution in [-0.4, -0.2) is 16.5 Å². The number of ether oxygens (including phenoxy) is 1. The molecule has 0 aliphatic carbocycles. The summed E-state index contributed by atoms with van der Waals surface area (Å²) in [6.07, 6.45) is 5.79. The molecule has 4 nitrogen and oxygen atoms in total. The SMILES string of the molecule is Cc1ccccc1Oc1cnc(C2CCCN2)nc1. The van der Waals surface area contributed by atoms with Gasteiger partial charge < -0.3 is 10.1 Å². The lowest BCUT2D eigenvalue weighted by molar-refractivity contribution is 0.470. The normalized spacial score (nSPS) is 18.5. The number of nitrogens with zero attached hydrogens (tertiary/aromatic N) is 2. The number of aryl methyl sites for hydroxylation is 1. The Kier molecular flexibility index (Phi) is 3.42. The van der Waals surface area contributed by atoms with Crippen LogP contribution in [0.25, 0.3) is 0 Å². The van der Waals surface area contributed by atoms with Gasteiger partial charge in [-0.2, -0.15) is 0 Å². The lowest BCUT2D eigenvalue weighted by Crippen LogP contribution is -2.15. The lowest BCUT2D eigenvalue weighted by atomic mass is 10.2. The molecule has 0 spiro atoms. The van der Waals surface area contributed by atoms with E-state index in [4.69, 9.17) is 4.74 Å². The number of benzene rings is 1. The van der Waals surface area contributed by atoms with E-state index in [-0.39, 0.29) is 0 Å². The van der Waals surface area contributed by atoms with Crippen LogP contribution in [0.4, 0.5) is 0 Å². The highest BCUT2D eigenvalue weighted by atomic mass is 16.5. The van der Waals surface area contributed by atoms with Crippen LogP contribution in [0.1, 0.15) is 30.3 Å². The first-order valence-corrected chi connectivity index (χ1v) is 6.62. The Morgan fingerprint density at radius 1 is 1.21 bits per heavy atom. The third-order valence-electron chi connectivity index (χ3n) is 3.34. The van der Waals surface area contributed by atoms with Gasteiger partial charge in [-0.1, -0.05) is 18.2 Å². The zero-order valence-corrected chi connectivity index (χ0v) is 11.0. The van der Waals surface area contributed by atoms with Crippen LogP contribution >= 0.6 is 0 Å². The molecule has 3 rings (SSSR count). The molecule has 1 atom stereocenters. The summed E-state index contributed by atoms with van der Waals surface area (Å²) in [7, 11) is 0. The molecule has 1 aliphatic heterocycles. The van der Waals surface area contributed by atoms with Crippen LogP contribution in [0.3, 0.4) is 0 Å².